The van der Waals surface area contributed by atoms with Crippen LogP contribution in [-0.2, 0) is 9.53 Å². The van der Waals surface area contributed by atoms with Gasteiger partial charge in [-0.25, -0.2) is 4.79 Å². The Hall–Kier alpha value is -3.46. The van der Waals surface area contributed by atoms with E-state index >= 15 is 0 Å². The first-order chi connectivity index (χ1) is 13.9. The molecule has 0 aromatic heterocycles. The van der Waals surface area contributed by atoms with Crippen molar-refractivity contribution in [3.05, 3.63) is 65.2 Å². The summed E-state index contributed by atoms with van der Waals surface area (Å²) in [6.07, 6.45) is 0. The fourth-order valence-corrected chi connectivity index (χ4v) is 2.27. The van der Waals surface area contributed by atoms with Crippen molar-refractivity contribution >= 4 is 35.1 Å². The number of esters is 1. The summed E-state index contributed by atoms with van der Waals surface area (Å²) in [6.45, 7) is 3.64. The molecule has 0 atom stereocenters. The molecule has 2 aromatic carbocycles. The Morgan fingerprint density at radius 3 is 2.17 bits per heavy atom. The van der Waals surface area contributed by atoms with E-state index in [0.29, 0.717) is 16.9 Å². The van der Waals surface area contributed by atoms with Gasteiger partial charge < -0.3 is 9.47 Å². The number of aryl methyl sites for hydroxylation is 1. The van der Waals surface area contributed by atoms with Crippen molar-refractivity contribution in [3.8, 4) is 5.75 Å². The molecule has 0 saturated heterocycles. The third-order valence-corrected chi connectivity index (χ3v) is 3.80. The second kappa shape index (κ2) is 10.8. The molecule has 2 amide bonds. The molecule has 0 bridgehead atoms. The summed E-state index contributed by atoms with van der Waals surface area (Å²) in [6, 6.07) is 13.2. The molecule has 152 valence electrons. The molecular formula is C20H21N3O5S. The van der Waals surface area contributed by atoms with E-state index in [1.165, 1.54) is 0 Å². The SMILES string of the molecule is CCOC(=O)c1ccc(OCC(=O)NNC(=S)NC(=O)c2ccc(C)cc2)cc1. The van der Waals surface area contributed by atoms with E-state index in [0.717, 1.165) is 5.56 Å². The van der Waals surface area contributed by atoms with Gasteiger partial charge in [0.05, 0.1) is 12.2 Å². The minimum atomic E-state index is -0.508. The van der Waals surface area contributed by atoms with Gasteiger partial charge in [0.15, 0.2) is 11.7 Å². The van der Waals surface area contributed by atoms with Gasteiger partial charge in [0.25, 0.3) is 11.8 Å². The number of hydrazine groups is 1. The molecule has 0 aliphatic carbocycles. The summed E-state index contributed by atoms with van der Waals surface area (Å²) in [7, 11) is 0. The van der Waals surface area contributed by atoms with Gasteiger partial charge in [-0.05, 0) is 62.5 Å². The van der Waals surface area contributed by atoms with E-state index < -0.39 is 17.8 Å². The molecule has 29 heavy (non-hydrogen) atoms. The molecule has 0 aliphatic heterocycles. The lowest BCUT2D eigenvalue weighted by Gasteiger charge is -2.11. The van der Waals surface area contributed by atoms with Gasteiger partial charge >= 0.3 is 5.97 Å². The number of nitrogens with one attached hydrogen (secondary N) is 3. The van der Waals surface area contributed by atoms with Crippen molar-refractivity contribution in [2.75, 3.05) is 13.2 Å². The molecule has 2 aromatic rings. The van der Waals surface area contributed by atoms with Crippen molar-refractivity contribution in [1.82, 2.24) is 16.2 Å². The minimum absolute atomic E-state index is 0.0530. The van der Waals surface area contributed by atoms with Crippen molar-refractivity contribution in [2.24, 2.45) is 0 Å². The van der Waals surface area contributed by atoms with Gasteiger partial charge in [-0.2, -0.15) is 0 Å². The Morgan fingerprint density at radius 1 is 0.931 bits per heavy atom. The van der Waals surface area contributed by atoms with E-state index in [1.807, 2.05) is 19.1 Å². The Kier molecular flexibility index (Phi) is 8.11. The Balaban J connectivity index is 1.72. The van der Waals surface area contributed by atoms with Crippen molar-refractivity contribution in [3.63, 3.8) is 0 Å². The molecular weight excluding hydrogens is 394 g/mol. The number of carbonyl (C=O) groups excluding carboxylic acids is 3. The van der Waals surface area contributed by atoms with Crippen LogP contribution >= 0.6 is 12.2 Å². The first-order valence-corrected chi connectivity index (χ1v) is 9.16. The van der Waals surface area contributed by atoms with E-state index in [9.17, 15) is 14.4 Å². The maximum absolute atomic E-state index is 12.0. The van der Waals surface area contributed by atoms with Crippen LogP contribution < -0.4 is 20.9 Å². The summed E-state index contributed by atoms with van der Waals surface area (Å²) in [4.78, 5) is 35.4. The fourth-order valence-electron chi connectivity index (χ4n) is 2.12. The fraction of sp³-hybridized carbons (Fsp3) is 0.200. The molecule has 0 heterocycles. The monoisotopic (exact) mass is 415 g/mol. The van der Waals surface area contributed by atoms with E-state index in [4.69, 9.17) is 21.7 Å². The highest BCUT2D eigenvalue weighted by Crippen LogP contribution is 2.12. The summed E-state index contributed by atoms with van der Waals surface area (Å²) in [5.41, 5.74) is 6.61. The average molecular weight is 415 g/mol. The third kappa shape index (κ3) is 7.23. The molecule has 2 rings (SSSR count). The Labute approximate surface area is 173 Å². The number of hydrogen-bond acceptors (Lipinski definition) is 6. The number of benzene rings is 2. The van der Waals surface area contributed by atoms with Crippen LogP contribution in [0.1, 0.15) is 33.2 Å². The molecule has 0 saturated carbocycles. The van der Waals surface area contributed by atoms with Gasteiger partial charge in [0, 0.05) is 5.56 Å². The van der Waals surface area contributed by atoms with Gasteiger partial charge in [0.1, 0.15) is 5.75 Å². The molecule has 8 nitrogen and oxygen atoms in total. The van der Waals surface area contributed by atoms with Crippen LogP contribution in [0, 0.1) is 6.92 Å². The lowest BCUT2D eigenvalue weighted by molar-refractivity contribution is -0.123. The molecule has 0 radical (unpaired) electrons. The maximum atomic E-state index is 12.0. The number of thiocarbonyl (C=S) groups is 1. The van der Waals surface area contributed by atoms with Crippen molar-refractivity contribution in [2.45, 2.75) is 13.8 Å². The number of ether oxygens (including phenoxy) is 2. The molecule has 0 aliphatic rings. The predicted molar refractivity (Wildman–Crippen MR) is 110 cm³/mol. The normalized spacial score (nSPS) is 9.86. The zero-order chi connectivity index (χ0) is 21.2. The standard InChI is InChI=1S/C20H21N3O5S/c1-3-27-19(26)15-8-10-16(11-9-15)28-12-17(24)22-23-20(29)21-18(25)14-6-4-13(2)5-7-14/h4-11H,3,12H2,1-2H3,(H,22,24)(H2,21,23,25,29). The van der Waals surface area contributed by atoms with Gasteiger partial charge in [-0.3, -0.25) is 25.8 Å². The van der Waals surface area contributed by atoms with E-state index in [1.54, 1.807) is 43.3 Å². The number of amides is 2. The van der Waals surface area contributed by atoms with E-state index in [2.05, 4.69) is 16.2 Å². The molecule has 3 N–H and O–H groups in total. The van der Waals surface area contributed by atoms with Crippen LogP contribution in [0.15, 0.2) is 48.5 Å². The molecule has 9 heteroatoms. The predicted octanol–water partition coefficient (Wildman–Crippen LogP) is 1.89. The summed E-state index contributed by atoms with van der Waals surface area (Å²) >= 11 is 4.97. The zero-order valence-corrected chi connectivity index (χ0v) is 16.8. The molecule has 0 spiro atoms. The summed E-state index contributed by atoms with van der Waals surface area (Å²) in [5.74, 6) is -0.924. The van der Waals surface area contributed by atoms with Crippen LogP contribution in [0.5, 0.6) is 5.75 Å². The van der Waals surface area contributed by atoms with Crippen LogP contribution in [0.4, 0.5) is 0 Å². The van der Waals surface area contributed by atoms with Gasteiger partial charge in [-0.15, -0.1) is 0 Å². The number of carbonyl (C=O) groups is 3. The van der Waals surface area contributed by atoms with E-state index in [-0.39, 0.29) is 18.3 Å². The zero-order valence-electron chi connectivity index (χ0n) is 16.0. The summed E-state index contributed by atoms with van der Waals surface area (Å²) in [5, 5.41) is 2.40. The second-order valence-electron chi connectivity index (χ2n) is 5.86. The van der Waals surface area contributed by atoms with Crippen LogP contribution in [0.2, 0.25) is 0 Å². The van der Waals surface area contributed by atoms with Crippen LogP contribution in [-0.4, -0.2) is 36.1 Å². The molecule has 0 fully saturated rings. The first kappa shape index (κ1) is 21.8. The smallest absolute Gasteiger partial charge is 0.338 e. The maximum Gasteiger partial charge on any atom is 0.338 e. The highest BCUT2D eigenvalue weighted by Gasteiger charge is 2.09. The number of hydrogen-bond donors (Lipinski definition) is 3. The lowest BCUT2D eigenvalue weighted by atomic mass is 10.1. The van der Waals surface area contributed by atoms with Crippen LogP contribution in [0.3, 0.4) is 0 Å². The lowest BCUT2D eigenvalue weighted by Crippen LogP contribution is -2.49. The molecule has 0 unspecified atom stereocenters. The second-order valence-corrected chi connectivity index (χ2v) is 6.26. The van der Waals surface area contributed by atoms with Gasteiger partial charge in [0.2, 0.25) is 0 Å². The largest absolute Gasteiger partial charge is 0.484 e. The van der Waals surface area contributed by atoms with Gasteiger partial charge in [-0.1, -0.05) is 17.7 Å². The van der Waals surface area contributed by atoms with Crippen molar-refractivity contribution < 1.29 is 23.9 Å². The Morgan fingerprint density at radius 2 is 1.55 bits per heavy atom. The third-order valence-electron chi connectivity index (χ3n) is 3.59. The number of rotatable bonds is 6. The van der Waals surface area contributed by atoms with Crippen LogP contribution in [0.25, 0.3) is 0 Å². The minimum Gasteiger partial charge on any atom is -0.484 e. The quantitative estimate of drug-likeness (QED) is 0.376. The Bertz CT molecular complexity index is 882. The van der Waals surface area contributed by atoms with Crippen molar-refractivity contribution in [1.29, 1.82) is 0 Å². The summed E-state index contributed by atoms with van der Waals surface area (Å²) < 4.78 is 10.2. The first-order valence-electron chi connectivity index (χ1n) is 8.76. The average Bonchev–Trinajstić information content (AvgIpc) is 2.71. The highest BCUT2D eigenvalue weighted by atomic mass is 32.1. The topological polar surface area (TPSA) is 106 Å². The highest BCUT2D eigenvalue weighted by molar-refractivity contribution is 7.80.